The van der Waals surface area contributed by atoms with E-state index in [9.17, 15) is 14.0 Å². The molecule has 5 rings (SSSR count). The van der Waals surface area contributed by atoms with Crippen LogP contribution >= 0.6 is 0 Å². The molecule has 8 heteroatoms. The third kappa shape index (κ3) is 3.56. The van der Waals surface area contributed by atoms with E-state index in [1.54, 1.807) is 4.90 Å². The lowest BCUT2D eigenvalue weighted by Gasteiger charge is -2.37. The SMILES string of the molecule is O=C(C1CC(=O)N(C2NNC3CCCC(F)C32)C1)N1CCN(c2ccccc2)CC1. The number of amides is 2. The molecule has 1 aromatic rings. The van der Waals surface area contributed by atoms with Gasteiger partial charge in [0.05, 0.1) is 5.92 Å². The van der Waals surface area contributed by atoms with Crippen molar-refractivity contribution in [2.75, 3.05) is 37.6 Å². The van der Waals surface area contributed by atoms with Crippen molar-refractivity contribution in [3.8, 4) is 0 Å². The maximum atomic E-state index is 14.6. The van der Waals surface area contributed by atoms with Gasteiger partial charge in [-0.3, -0.25) is 15.0 Å². The zero-order valence-electron chi connectivity index (χ0n) is 17.2. The predicted octanol–water partition coefficient (Wildman–Crippen LogP) is 1.12. The first-order valence-corrected chi connectivity index (χ1v) is 11.1. The molecule has 0 spiro atoms. The summed E-state index contributed by atoms with van der Waals surface area (Å²) in [5.74, 6) is -0.551. The predicted molar refractivity (Wildman–Crippen MR) is 111 cm³/mol. The normalized spacial score (nSPS) is 34.4. The first-order valence-electron chi connectivity index (χ1n) is 11.1. The molecule has 1 aliphatic carbocycles. The Morgan fingerprint density at radius 3 is 2.57 bits per heavy atom. The van der Waals surface area contributed by atoms with Gasteiger partial charge in [0.2, 0.25) is 11.8 Å². The lowest BCUT2D eigenvalue weighted by Crippen LogP contribution is -2.52. The van der Waals surface area contributed by atoms with Gasteiger partial charge in [-0.05, 0) is 31.4 Å². The Kier molecular flexibility index (Phi) is 5.37. The van der Waals surface area contributed by atoms with Crippen LogP contribution in [0.3, 0.4) is 0 Å². The summed E-state index contributed by atoms with van der Waals surface area (Å²) in [6, 6.07) is 10.3. The van der Waals surface area contributed by atoms with Crippen molar-refractivity contribution in [3.63, 3.8) is 0 Å². The van der Waals surface area contributed by atoms with E-state index in [4.69, 9.17) is 0 Å². The van der Waals surface area contributed by atoms with E-state index in [0.717, 1.165) is 25.9 Å². The van der Waals surface area contributed by atoms with Crippen molar-refractivity contribution < 1.29 is 14.0 Å². The molecule has 1 aromatic carbocycles. The van der Waals surface area contributed by atoms with Crippen LogP contribution in [0, 0.1) is 11.8 Å². The van der Waals surface area contributed by atoms with Gasteiger partial charge in [-0.2, -0.15) is 0 Å². The molecule has 2 amide bonds. The summed E-state index contributed by atoms with van der Waals surface area (Å²) in [7, 11) is 0. The molecule has 0 bridgehead atoms. The number of alkyl halides is 1. The first-order chi connectivity index (χ1) is 14.6. The maximum Gasteiger partial charge on any atom is 0.228 e. The molecular weight excluding hydrogens is 385 g/mol. The van der Waals surface area contributed by atoms with Crippen molar-refractivity contribution in [3.05, 3.63) is 30.3 Å². The fourth-order valence-corrected chi connectivity index (χ4v) is 5.58. The Bertz CT molecular complexity index is 785. The van der Waals surface area contributed by atoms with Gasteiger partial charge < -0.3 is 14.7 Å². The van der Waals surface area contributed by atoms with Gasteiger partial charge in [0.15, 0.2) is 0 Å². The Morgan fingerprint density at radius 1 is 1.03 bits per heavy atom. The van der Waals surface area contributed by atoms with Gasteiger partial charge in [0, 0.05) is 56.8 Å². The van der Waals surface area contributed by atoms with Crippen molar-refractivity contribution in [2.45, 2.75) is 44.1 Å². The number of hydrogen-bond acceptors (Lipinski definition) is 5. The van der Waals surface area contributed by atoms with Gasteiger partial charge in [-0.15, -0.1) is 0 Å². The zero-order valence-corrected chi connectivity index (χ0v) is 17.2. The highest BCUT2D eigenvalue weighted by Gasteiger charge is 2.50. The van der Waals surface area contributed by atoms with E-state index < -0.39 is 6.17 Å². The fourth-order valence-electron chi connectivity index (χ4n) is 5.58. The third-order valence-electron chi connectivity index (χ3n) is 7.21. The van der Waals surface area contributed by atoms with Crippen LogP contribution in [0.4, 0.5) is 10.1 Å². The topological polar surface area (TPSA) is 67.9 Å². The smallest absolute Gasteiger partial charge is 0.228 e. The van der Waals surface area contributed by atoms with Crippen LogP contribution in [0.25, 0.3) is 0 Å². The second kappa shape index (κ2) is 8.15. The number of para-hydroxylation sites is 1. The molecule has 162 valence electrons. The number of carbonyl (C=O) groups excluding carboxylic acids is 2. The molecule has 0 aromatic heterocycles. The van der Waals surface area contributed by atoms with Crippen molar-refractivity contribution in [1.82, 2.24) is 20.7 Å². The highest BCUT2D eigenvalue weighted by molar-refractivity contribution is 5.89. The Labute approximate surface area is 176 Å². The second-order valence-electron chi connectivity index (χ2n) is 8.96. The molecule has 5 atom stereocenters. The van der Waals surface area contributed by atoms with Crippen LogP contribution in [0.2, 0.25) is 0 Å². The van der Waals surface area contributed by atoms with Crippen molar-refractivity contribution >= 4 is 17.5 Å². The number of likely N-dealkylation sites (tertiary alicyclic amines) is 1. The number of fused-ring (bicyclic) bond motifs is 1. The number of nitrogens with zero attached hydrogens (tertiary/aromatic N) is 3. The van der Waals surface area contributed by atoms with E-state index in [1.807, 2.05) is 23.1 Å². The van der Waals surface area contributed by atoms with E-state index in [-0.39, 0.29) is 42.3 Å². The Morgan fingerprint density at radius 2 is 1.80 bits per heavy atom. The molecule has 3 heterocycles. The lowest BCUT2D eigenvalue weighted by molar-refractivity contribution is -0.136. The average molecular weight is 416 g/mol. The van der Waals surface area contributed by atoms with Crippen LogP contribution in [0.5, 0.6) is 0 Å². The molecule has 2 N–H and O–H groups in total. The second-order valence-corrected chi connectivity index (χ2v) is 8.96. The molecule has 5 unspecified atom stereocenters. The standard InChI is InChI=1S/C22H30FN5O2/c23-17-7-4-8-18-20(17)21(25-24-18)28-14-15(13-19(28)29)22(30)27-11-9-26(10-12-27)16-5-2-1-3-6-16/h1-3,5-6,15,17-18,20-21,24-25H,4,7-14H2. The quantitative estimate of drug-likeness (QED) is 0.775. The van der Waals surface area contributed by atoms with Crippen LogP contribution in [0.1, 0.15) is 25.7 Å². The van der Waals surface area contributed by atoms with Crippen LogP contribution < -0.4 is 15.8 Å². The number of anilines is 1. The summed E-state index contributed by atoms with van der Waals surface area (Å²) >= 11 is 0. The summed E-state index contributed by atoms with van der Waals surface area (Å²) < 4.78 is 14.6. The number of rotatable bonds is 3. The summed E-state index contributed by atoms with van der Waals surface area (Å²) in [4.78, 5) is 31.7. The highest BCUT2D eigenvalue weighted by atomic mass is 19.1. The average Bonchev–Trinajstić information content (AvgIpc) is 3.38. The first kappa shape index (κ1) is 19.8. The number of hydrazine groups is 1. The molecular formula is C22H30FN5O2. The fraction of sp³-hybridized carbons (Fsp3) is 0.636. The number of nitrogens with one attached hydrogen (secondary N) is 2. The van der Waals surface area contributed by atoms with Crippen LogP contribution in [0.15, 0.2) is 30.3 Å². The van der Waals surface area contributed by atoms with Gasteiger partial charge >= 0.3 is 0 Å². The summed E-state index contributed by atoms with van der Waals surface area (Å²) in [5, 5.41) is 0. The van der Waals surface area contributed by atoms with Crippen LogP contribution in [-0.2, 0) is 9.59 Å². The minimum atomic E-state index is -0.912. The number of hydrogen-bond donors (Lipinski definition) is 2. The molecule has 1 saturated carbocycles. The number of halogens is 1. The molecule has 30 heavy (non-hydrogen) atoms. The largest absolute Gasteiger partial charge is 0.368 e. The molecule has 0 radical (unpaired) electrons. The maximum absolute atomic E-state index is 14.6. The number of benzene rings is 1. The highest BCUT2D eigenvalue weighted by Crippen LogP contribution is 2.36. The van der Waals surface area contributed by atoms with Gasteiger partial charge in [-0.25, -0.2) is 9.82 Å². The van der Waals surface area contributed by atoms with Crippen molar-refractivity contribution in [1.29, 1.82) is 0 Å². The zero-order chi connectivity index (χ0) is 20.7. The number of piperazine rings is 1. The molecule has 3 aliphatic heterocycles. The molecule has 4 aliphatic rings. The number of carbonyl (C=O) groups is 2. The van der Waals surface area contributed by atoms with E-state index in [1.165, 1.54) is 5.69 Å². The minimum Gasteiger partial charge on any atom is -0.368 e. The van der Waals surface area contributed by atoms with E-state index in [2.05, 4.69) is 27.9 Å². The summed E-state index contributed by atoms with van der Waals surface area (Å²) in [6.45, 7) is 3.30. The Hall–Kier alpha value is -2.19. The summed E-state index contributed by atoms with van der Waals surface area (Å²) in [6.07, 6.45) is 1.30. The van der Waals surface area contributed by atoms with Gasteiger partial charge in [-0.1, -0.05) is 18.2 Å². The van der Waals surface area contributed by atoms with Crippen molar-refractivity contribution in [2.24, 2.45) is 11.8 Å². The summed E-state index contributed by atoms with van der Waals surface area (Å²) in [5.41, 5.74) is 7.50. The van der Waals surface area contributed by atoms with Gasteiger partial charge in [0.1, 0.15) is 12.3 Å². The minimum absolute atomic E-state index is 0.0472. The Balaban J connectivity index is 1.19. The molecule has 3 saturated heterocycles. The van der Waals surface area contributed by atoms with Crippen LogP contribution in [-0.4, -0.2) is 72.7 Å². The monoisotopic (exact) mass is 415 g/mol. The van der Waals surface area contributed by atoms with Gasteiger partial charge in [0.25, 0.3) is 0 Å². The third-order valence-corrected chi connectivity index (χ3v) is 7.21. The van der Waals surface area contributed by atoms with E-state index in [0.29, 0.717) is 26.1 Å². The lowest BCUT2D eigenvalue weighted by atomic mass is 9.82. The molecule has 4 fully saturated rings. The molecule has 7 nitrogen and oxygen atoms in total. The van der Waals surface area contributed by atoms with E-state index >= 15 is 0 Å².